The van der Waals surface area contributed by atoms with Crippen LogP contribution in [-0.4, -0.2) is 27.8 Å². The molecule has 1 amide bonds. The maximum absolute atomic E-state index is 14.4. The van der Waals surface area contributed by atoms with Crippen molar-refractivity contribution in [2.24, 2.45) is 5.92 Å². The van der Waals surface area contributed by atoms with Gasteiger partial charge >= 0.3 is 0 Å². The van der Waals surface area contributed by atoms with Crippen molar-refractivity contribution in [3.63, 3.8) is 0 Å². The van der Waals surface area contributed by atoms with Crippen molar-refractivity contribution in [1.82, 2.24) is 14.9 Å². The number of fused-ring (bicyclic) bond motifs is 1. The molecule has 152 valence electrons. The fourth-order valence-corrected chi connectivity index (χ4v) is 3.80. The summed E-state index contributed by atoms with van der Waals surface area (Å²) in [5, 5.41) is 3.75. The number of benzene rings is 2. The Morgan fingerprint density at radius 3 is 2.66 bits per heavy atom. The number of hydrogen-bond acceptors (Lipinski definition) is 4. The van der Waals surface area contributed by atoms with Gasteiger partial charge < -0.3 is 5.32 Å². The molecule has 5 nitrogen and oxygen atoms in total. The van der Waals surface area contributed by atoms with Crippen molar-refractivity contribution in [2.45, 2.75) is 31.8 Å². The fraction of sp³-hybridized carbons (Fsp3) is 0.318. The molecule has 0 bridgehead atoms. The Morgan fingerprint density at radius 1 is 1.17 bits per heavy atom. The minimum atomic E-state index is -0.485. The van der Waals surface area contributed by atoms with Crippen LogP contribution in [0.2, 0.25) is 0 Å². The van der Waals surface area contributed by atoms with Gasteiger partial charge in [-0.25, -0.2) is 9.37 Å². The Balaban J connectivity index is 1.83. The highest BCUT2D eigenvalue weighted by atomic mass is 32.2. The topological polar surface area (TPSA) is 64.0 Å². The molecule has 0 atom stereocenters. The zero-order valence-electron chi connectivity index (χ0n) is 16.5. The third kappa shape index (κ3) is 5.23. The summed E-state index contributed by atoms with van der Waals surface area (Å²) >= 11 is 1.35. The van der Waals surface area contributed by atoms with Gasteiger partial charge in [-0.1, -0.05) is 49.9 Å². The highest BCUT2D eigenvalue weighted by molar-refractivity contribution is 7.99. The average molecular weight is 414 g/mol. The maximum Gasteiger partial charge on any atom is 0.266 e. The van der Waals surface area contributed by atoms with Crippen LogP contribution in [0.15, 0.2) is 58.5 Å². The highest BCUT2D eigenvalue weighted by Crippen LogP contribution is 2.23. The van der Waals surface area contributed by atoms with Gasteiger partial charge in [-0.05, 0) is 36.6 Å². The zero-order valence-corrected chi connectivity index (χ0v) is 17.3. The third-order valence-electron chi connectivity index (χ3n) is 4.33. The summed E-state index contributed by atoms with van der Waals surface area (Å²) in [6, 6.07) is 13.2. The summed E-state index contributed by atoms with van der Waals surface area (Å²) in [6.07, 6.45) is 1.03. The van der Waals surface area contributed by atoms with Crippen molar-refractivity contribution >= 4 is 28.6 Å². The Hall–Kier alpha value is -2.67. The number of nitrogens with one attached hydrogen (secondary N) is 1. The van der Waals surface area contributed by atoms with E-state index in [-0.39, 0.29) is 17.2 Å². The lowest BCUT2D eigenvalue weighted by molar-refractivity contribution is -0.121. The van der Waals surface area contributed by atoms with E-state index in [2.05, 4.69) is 10.3 Å². The van der Waals surface area contributed by atoms with Gasteiger partial charge in [0, 0.05) is 18.7 Å². The smallest absolute Gasteiger partial charge is 0.266 e. The predicted octanol–water partition coefficient (Wildman–Crippen LogP) is 4.17. The number of para-hydroxylation sites is 2. The standard InChI is InChI=1S/C22H24FN3O2S/c1-15(2)14-24-20(27)12-7-13-29-22-25-18-10-5-3-8-16(18)21(28)26(22)19-11-6-4-9-17(19)23/h3-6,8-11,15H,7,12-14H2,1-2H3,(H,24,27). The summed E-state index contributed by atoms with van der Waals surface area (Å²) in [5.74, 6) is 0.526. The van der Waals surface area contributed by atoms with Crippen molar-refractivity contribution in [3.05, 3.63) is 64.7 Å². The lowest BCUT2D eigenvalue weighted by Crippen LogP contribution is -2.27. The molecule has 3 aromatic rings. The summed E-state index contributed by atoms with van der Waals surface area (Å²) < 4.78 is 15.8. The molecule has 1 aromatic heterocycles. The van der Waals surface area contributed by atoms with Gasteiger partial charge in [0.25, 0.3) is 5.56 Å². The van der Waals surface area contributed by atoms with E-state index in [0.29, 0.717) is 47.1 Å². The molecule has 0 fully saturated rings. The van der Waals surface area contributed by atoms with Gasteiger partial charge in [0.1, 0.15) is 5.82 Å². The first kappa shape index (κ1) is 21.0. The minimum Gasteiger partial charge on any atom is -0.356 e. The van der Waals surface area contributed by atoms with Crippen LogP contribution in [0.3, 0.4) is 0 Å². The molecule has 0 saturated heterocycles. The SMILES string of the molecule is CC(C)CNC(=O)CCCSc1nc2ccccc2c(=O)n1-c1ccccc1F. The van der Waals surface area contributed by atoms with Crippen LogP contribution in [0.25, 0.3) is 16.6 Å². The molecular weight excluding hydrogens is 389 g/mol. The van der Waals surface area contributed by atoms with Crippen LogP contribution >= 0.6 is 11.8 Å². The molecule has 1 N–H and O–H groups in total. The fourth-order valence-electron chi connectivity index (χ4n) is 2.86. The van der Waals surface area contributed by atoms with E-state index in [9.17, 15) is 14.0 Å². The van der Waals surface area contributed by atoms with Crippen molar-refractivity contribution in [1.29, 1.82) is 0 Å². The summed E-state index contributed by atoms with van der Waals surface area (Å²) in [4.78, 5) is 29.5. The number of rotatable bonds is 8. The molecule has 1 heterocycles. The van der Waals surface area contributed by atoms with Crippen molar-refractivity contribution in [2.75, 3.05) is 12.3 Å². The number of amides is 1. The summed E-state index contributed by atoms with van der Waals surface area (Å²) in [6.45, 7) is 4.75. The Kier molecular flexibility index (Phi) is 7.04. The molecule has 0 aliphatic carbocycles. The molecule has 0 unspecified atom stereocenters. The largest absolute Gasteiger partial charge is 0.356 e. The second-order valence-corrected chi connectivity index (χ2v) is 8.22. The van der Waals surface area contributed by atoms with E-state index >= 15 is 0 Å². The van der Waals surface area contributed by atoms with E-state index in [0.717, 1.165) is 0 Å². The van der Waals surface area contributed by atoms with E-state index in [1.807, 2.05) is 19.9 Å². The average Bonchev–Trinajstić information content (AvgIpc) is 2.71. The minimum absolute atomic E-state index is 0.0114. The highest BCUT2D eigenvalue weighted by Gasteiger charge is 2.16. The molecule has 3 rings (SSSR count). The molecular formula is C22H24FN3O2S. The van der Waals surface area contributed by atoms with Crippen LogP contribution in [0.5, 0.6) is 0 Å². The number of thioether (sulfide) groups is 1. The lowest BCUT2D eigenvalue weighted by Gasteiger charge is -2.14. The number of carbonyl (C=O) groups excluding carboxylic acids is 1. The van der Waals surface area contributed by atoms with Gasteiger partial charge in [-0.3, -0.25) is 14.2 Å². The summed E-state index contributed by atoms with van der Waals surface area (Å²) in [5.41, 5.74) is 0.438. The number of carbonyl (C=O) groups is 1. The Morgan fingerprint density at radius 2 is 1.90 bits per heavy atom. The van der Waals surface area contributed by atoms with Crippen LogP contribution in [0.4, 0.5) is 4.39 Å². The van der Waals surface area contributed by atoms with Crippen LogP contribution in [0.1, 0.15) is 26.7 Å². The number of nitrogens with zero attached hydrogens (tertiary/aromatic N) is 2. The Labute approximate surface area is 173 Å². The second kappa shape index (κ2) is 9.69. The molecule has 29 heavy (non-hydrogen) atoms. The van der Waals surface area contributed by atoms with E-state index < -0.39 is 5.82 Å². The quantitative estimate of drug-likeness (QED) is 0.342. The van der Waals surface area contributed by atoms with E-state index in [1.54, 1.807) is 36.4 Å². The lowest BCUT2D eigenvalue weighted by atomic mass is 10.2. The Bertz CT molecular complexity index is 1070. The number of halogens is 1. The van der Waals surface area contributed by atoms with Crippen molar-refractivity contribution < 1.29 is 9.18 Å². The van der Waals surface area contributed by atoms with Gasteiger partial charge in [0.15, 0.2) is 5.16 Å². The number of aromatic nitrogens is 2. The zero-order chi connectivity index (χ0) is 20.8. The van der Waals surface area contributed by atoms with E-state index in [4.69, 9.17) is 0 Å². The first-order valence-electron chi connectivity index (χ1n) is 9.63. The van der Waals surface area contributed by atoms with Gasteiger partial charge in [-0.2, -0.15) is 0 Å². The normalized spacial score (nSPS) is 11.2. The molecule has 2 aromatic carbocycles. The second-order valence-electron chi connectivity index (χ2n) is 7.15. The predicted molar refractivity (Wildman–Crippen MR) is 115 cm³/mol. The monoisotopic (exact) mass is 413 g/mol. The number of hydrogen-bond donors (Lipinski definition) is 1. The third-order valence-corrected chi connectivity index (χ3v) is 5.35. The maximum atomic E-state index is 14.4. The van der Waals surface area contributed by atoms with Crippen LogP contribution < -0.4 is 10.9 Å². The van der Waals surface area contributed by atoms with Gasteiger partial charge in [-0.15, -0.1) is 0 Å². The van der Waals surface area contributed by atoms with Crippen LogP contribution in [-0.2, 0) is 4.79 Å². The first-order chi connectivity index (χ1) is 14.0. The molecule has 0 radical (unpaired) electrons. The molecule has 0 aliphatic heterocycles. The summed E-state index contributed by atoms with van der Waals surface area (Å²) in [7, 11) is 0. The van der Waals surface area contributed by atoms with Crippen molar-refractivity contribution in [3.8, 4) is 5.69 Å². The van der Waals surface area contributed by atoms with E-state index in [1.165, 1.54) is 22.4 Å². The molecule has 0 spiro atoms. The molecule has 0 aliphatic rings. The first-order valence-corrected chi connectivity index (χ1v) is 10.6. The molecule has 7 heteroatoms. The molecule has 0 saturated carbocycles. The van der Waals surface area contributed by atoms with Gasteiger partial charge in [0.2, 0.25) is 5.91 Å². The van der Waals surface area contributed by atoms with Gasteiger partial charge in [0.05, 0.1) is 16.6 Å². The van der Waals surface area contributed by atoms with Crippen LogP contribution in [0, 0.1) is 11.7 Å².